The molecule has 0 N–H and O–H groups in total. The number of nitrogens with zero attached hydrogens (tertiary/aromatic N) is 4. The van der Waals surface area contributed by atoms with E-state index in [1.807, 2.05) is 48.9 Å². The predicted octanol–water partition coefficient (Wildman–Crippen LogP) is 4.23. The Morgan fingerprint density at radius 3 is 2.71 bits per heavy atom. The van der Waals surface area contributed by atoms with E-state index in [4.69, 9.17) is 21.1 Å². The number of rotatable bonds is 6. The van der Waals surface area contributed by atoms with Crippen molar-refractivity contribution in [1.29, 1.82) is 0 Å². The molecule has 4 aromatic rings. The molecule has 160 valence electrons. The lowest BCUT2D eigenvalue weighted by molar-refractivity contribution is -0.144. The third-order valence-corrected chi connectivity index (χ3v) is 5.55. The maximum atomic E-state index is 12.4. The molecule has 0 saturated carbocycles. The van der Waals surface area contributed by atoms with Crippen LogP contribution in [0.15, 0.2) is 42.5 Å². The molecule has 0 aliphatic carbocycles. The molecule has 31 heavy (non-hydrogen) atoms. The molecule has 0 aliphatic heterocycles. The topological polar surface area (TPSA) is 71.2 Å². The second-order valence-corrected chi connectivity index (χ2v) is 7.80. The number of carbonyl (C=O) groups excluding carboxylic acids is 1. The molecule has 2 heterocycles. The van der Waals surface area contributed by atoms with Gasteiger partial charge in [-0.2, -0.15) is 5.10 Å². The molecule has 0 aliphatic rings. The lowest BCUT2D eigenvalue weighted by Gasteiger charge is -2.06. The van der Waals surface area contributed by atoms with Crippen LogP contribution < -0.4 is 4.74 Å². The van der Waals surface area contributed by atoms with E-state index in [1.165, 1.54) is 0 Å². The van der Waals surface area contributed by atoms with E-state index in [-0.39, 0.29) is 19.0 Å². The van der Waals surface area contributed by atoms with Gasteiger partial charge in [0.2, 0.25) is 0 Å². The summed E-state index contributed by atoms with van der Waals surface area (Å²) in [5, 5.41) is 5.09. The van der Waals surface area contributed by atoms with Crippen molar-refractivity contribution < 1.29 is 14.3 Å². The fourth-order valence-electron chi connectivity index (χ4n) is 3.50. The zero-order valence-electron chi connectivity index (χ0n) is 17.8. The summed E-state index contributed by atoms with van der Waals surface area (Å²) in [5.41, 5.74) is 5.09. The molecule has 0 spiro atoms. The highest BCUT2D eigenvalue weighted by atomic mass is 35.5. The molecule has 0 amide bonds. The number of fused-ring (bicyclic) bond motifs is 1. The number of hydrogen-bond donors (Lipinski definition) is 0. The second-order valence-electron chi connectivity index (χ2n) is 7.37. The first-order chi connectivity index (χ1) is 14.9. The third kappa shape index (κ3) is 4.27. The van der Waals surface area contributed by atoms with E-state index in [0.29, 0.717) is 16.5 Å². The Kier molecular flexibility index (Phi) is 5.69. The fraction of sp³-hybridized carbons (Fsp3) is 0.261. The molecule has 2 aromatic carbocycles. The van der Waals surface area contributed by atoms with Crippen LogP contribution in [0.5, 0.6) is 5.75 Å². The van der Waals surface area contributed by atoms with Gasteiger partial charge >= 0.3 is 5.97 Å². The minimum atomic E-state index is -0.324. The summed E-state index contributed by atoms with van der Waals surface area (Å²) >= 11 is 6.04. The fourth-order valence-corrected chi connectivity index (χ4v) is 3.66. The summed E-state index contributed by atoms with van der Waals surface area (Å²) in [7, 11) is 5.36. The van der Waals surface area contributed by atoms with Crippen LogP contribution in [0, 0.1) is 6.92 Å². The van der Waals surface area contributed by atoms with E-state index in [0.717, 1.165) is 33.7 Å². The molecule has 0 atom stereocenters. The molecule has 0 unspecified atom stereocenters. The number of hydrogen-bond acceptors (Lipinski definition) is 5. The highest BCUT2D eigenvalue weighted by molar-refractivity contribution is 6.30. The van der Waals surface area contributed by atoms with Crippen LogP contribution in [-0.4, -0.2) is 32.4 Å². The van der Waals surface area contributed by atoms with E-state index >= 15 is 0 Å². The van der Waals surface area contributed by atoms with Gasteiger partial charge in [0, 0.05) is 30.4 Å². The largest absolute Gasteiger partial charge is 0.496 e. The first-order valence-corrected chi connectivity index (χ1v) is 10.2. The van der Waals surface area contributed by atoms with Gasteiger partial charge in [0.05, 0.1) is 30.3 Å². The summed E-state index contributed by atoms with van der Waals surface area (Å²) in [6, 6.07) is 13.1. The van der Waals surface area contributed by atoms with E-state index in [1.54, 1.807) is 31.0 Å². The van der Waals surface area contributed by atoms with Crippen LogP contribution in [0.3, 0.4) is 0 Å². The Morgan fingerprint density at radius 2 is 1.94 bits per heavy atom. The Bertz CT molecular complexity index is 1280. The molecule has 0 fully saturated rings. The number of aromatic nitrogens is 4. The number of benzene rings is 2. The summed E-state index contributed by atoms with van der Waals surface area (Å²) < 4.78 is 14.6. The summed E-state index contributed by atoms with van der Waals surface area (Å²) in [6.07, 6.45) is 0.115. The average molecular weight is 439 g/mol. The number of halogens is 1. The van der Waals surface area contributed by atoms with Crippen molar-refractivity contribution in [3.05, 3.63) is 64.6 Å². The Morgan fingerprint density at radius 1 is 1.13 bits per heavy atom. The monoisotopic (exact) mass is 438 g/mol. The maximum absolute atomic E-state index is 12.4. The zero-order chi connectivity index (χ0) is 22.1. The van der Waals surface area contributed by atoms with Gasteiger partial charge in [0.15, 0.2) is 0 Å². The molecular formula is C23H23ClN4O3. The number of methoxy groups -OCH3 is 1. The first kappa shape index (κ1) is 20.9. The first-order valence-electron chi connectivity index (χ1n) is 9.80. The highest BCUT2D eigenvalue weighted by Crippen LogP contribution is 2.32. The number of imidazole rings is 1. The number of ether oxygens (including phenoxy) is 2. The molecule has 0 radical (unpaired) electrons. The Balaban J connectivity index is 1.45. The van der Waals surface area contributed by atoms with Gasteiger partial charge in [-0.1, -0.05) is 17.7 Å². The van der Waals surface area contributed by atoms with E-state index < -0.39 is 0 Å². The smallest absolute Gasteiger partial charge is 0.312 e. The molecule has 0 saturated heterocycles. The van der Waals surface area contributed by atoms with Crippen LogP contribution in [0.2, 0.25) is 5.02 Å². The average Bonchev–Trinajstić information content (AvgIpc) is 3.24. The van der Waals surface area contributed by atoms with Crippen molar-refractivity contribution >= 4 is 28.6 Å². The lowest BCUT2D eigenvalue weighted by Crippen LogP contribution is -2.11. The van der Waals surface area contributed by atoms with Crippen LogP contribution >= 0.6 is 11.6 Å². The standard InChI is InChI=1S/C23H23ClN4O3/c1-14-25-20-9-15(5-8-21(20)27(14)2)13-31-23(29)12-17-11-19(26-28(17)3)18-7-6-16(24)10-22(18)30-4/h5-11H,12-13H2,1-4H3. The van der Waals surface area contributed by atoms with E-state index in [9.17, 15) is 4.79 Å². The maximum Gasteiger partial charge on any atom is 0.312 e. The number of aryl methyl sites for hydroxylation is 3. The van der Waals surface area contributed by atoms with Gasteiger partial charge in [-0.05, 0) is 48.9 Å². The molecule has 7 nitrogen and oxygen atoms in total. The van der Waals surface area contributed by atoms with Crippen molar-refractivity contribution in [1.82, 2.24) is 19.3 Å². The van der Waals surface area contributed by atoms with Crippen LogP contribution in [0.1, 0.15) is 17.1 Å². The lowest BCUT2D eigenvalue weighted by atomic mass is 10.1. The predicted molar refractivity (Wildman–Crippen MR) is 119 cm³/mol. The molecular weight excluding hydrogens is 416 g/mol. The Hall–Kier alpha value is -3.32. The molecule has 2 aromatic heterocycles. The summed E-state index contributed by atoms with van der Waals surface area (Å²) in [5.74, 6) is 1.24. The minimum Gasteiger partial charge on any atom is -0.496 e. The van der Waals surface area contributed by atoms with Gasteiger partial charge in [-0.25, -0.2) is 4.98 Å². The van der Waals surface area contributed by atoms with Gasteiger partial charge in [0.1, 0.15) is 18.2 Å². The minimum absolute atomic E-state index is 0.115. The van der Waals surface area contributed by atoms with Crippen LogP contribution in [-0.2, 0) is 36.7 Å². The highest BCUT2D eigenvalue weighted by Gasteiger charge is 2.15. The van der Waals surface area contributed by atoms with Crippen molar-refractivity contribution in [2.24, 2.45) is 14.1 Å². The van der Waals surface area contributed by atoms with Crippen molar-refractivity contribution in [2.45, 2.75) is 20.0 Å². The second kappa shape index (κ2) is 8.43. The van der Waals surface area contributed by atoms with Gasteiger partial charge in [-0.15, -0.1) is 0 Å². The molecule has 4 rings (SSSR count). The van der Waals surface area contributed by atoms with Gasteiger partial charge in [0.25, 0.3) is 0 Å². The molecule has 8 heteroatoms. The normalized spacial score (nSPS) is 11.1. The quantitative estimate of drug-likeness (QED) is 0.421. The van der Waals surface area contributed by atoms with E-state index in [2.05, 4.69) is 10.1 Å². The summed E-state index contributed by atoms with van der Waals surface area (Å²) in [6.45, 7) is 2.15. The Labute approximate surface area is 185 Å². The van der Waals surface area contributed by atoms with Gasteiger partial charge in [-0.3, -0.25) is 9.48 Å². The zero-order valence-corrected chi connectivity index (χ0v) is 18.6. The van der Waals surface area contributed by atoms with Crippen LogP contribution in [0.25, 0.3) is 22.3 Å². The van der Waals surface area contributed by atoms with Crippen LogP contribution in [0.4, 0.5) is 0 Å². The van der Waals surface area contributed by atoms with Gasteiger partial charge < -0.3 is 14.0 Å². The number of esters is 1. The molecule has 0 bridgehead atoms. The third-order valence-electron chi connectivity index (χ3n) is 5.31. The van der Waals surface area contributed by atoms with Crippen molar-refractivity contribution in [3.8, 4) is 17.0 Å². The SMILES string of the molecule is COc1cc(Cl)ccc1-c1cc(CC(=O)OCc2ccc3c(c2)nc(C)n3C)n(C)n1. The number of carbonyl (C=O) groups is 1. The van der Waals surface area contributed by atoms with Crippen molar-refractivity contribution in [3.63, 3.8) is 0 Å². The van der Waals surface area contributed by atoms with Crippen molar-refractivity contribution in [2.75, 3.05) is 7.11 Å². The summed E-state index contributed by atoms with van der Waals surface area (Å²) in [4.78, 5) is 17.0.